The topological polar surface area (TPSA) is 66.5 Å². The number of hydrogen-bond acceptors (Lipinski definition) is 5. The lowest BCUT2D eigenvalue weighted by Gasteiger charge is -2.36. The van der Waals surface area contributed by atoms with Gasteiger partial charge in [0.2, 0.25) is 0 Å². The highest BCUT2D eigenvalue weighted by molar-refractivity contribution is 5.61. The maximum atomic E-state index is 9.81. The average Bonchev–Trinajstić information content (AvgIpc) is 3.06. The lowest BCUT2D eigenvalue weighted by molar-refractivity contribution is 0.123. The van der Waals surface area contributed by atoms with Crippen LogP contribution in [-0.4, -0.2) is 36.8 Å². The van der Waals surface area contributed by atoms with E-state index < -0.39 is 0 Å². The summed E-state index contributed by atoms with van der Waals surface area (Å²) in [6, 6.07) is 8.20. The average molecular weight is 309 g/mol. The molecule has 6 nitrogen and oxygen atoms in total. The largest absolute Gasteiger partial charge is 0.393 e. The quantitative estimate of drug-likeness (QED) is 0.805. The van der Waals surface area contributed by atoms with Crippen LogP contribution in [0.15, 0.2) is 49.1 Å². The van der Waals surface area contributed by atoms with Gasteiger partial charge in [0.05, 0.1) is 24.2 Å². The summed E-state index contributed by atoms with van der Waals surface area (Å²) < 4.78 is 1.76. The van der Waals surface area contributed by atoms with Crippen molar-refractivity contribution < 1.29 is 5.11 Å². The van der Waals surface area contributed by atoms with Gasteiger partial charge in [0, 0.05) is 24.5 Å². The molecule has 3 heterocycles. The summed E-state index contributed by atoms with van der Waals surface area (Å²) in [5.74, 6) is 0.896. The molecule has 1 fully saturated rings. The van der Waals surface area contributed by atoms with E-state index in [0.717, 1.165) is 42.8 Å². The van der Waals surface area contributed by atoms with Crippen molar-refractivity contribution in [3.05, 3.63) is 49.1 Å². The number of aliphatic hydroxyl groups is 1. The molecule has 1 saturated carbocycles. The minimum absolute atomic E-state index is 0.174. The molecular formula is C17H19N5O. The van der Waals surface area contributed by atoms with Gasteiger partial charge in [0.15, 0.2) is 5.65 Å². The molecule has 1 N–H and O–H groups in total. The summed E-state index contributed by atoms with van der Waals surface area (Å²) in [4.78, 5) is 11.2. The van der Waals surface area contributed by atoms with E-state index in [1.54, 1.807) is 16.9 Å². The zero-order valence-electron chi connectivity index (χ0n) is 12.8. The summed E-state index contributed by atoms with van der Waals surface area (Å²) in [6.45, 7) is 0. The van der Waals surface area contributed by atoms with Gasteiger partial charge in [0.25, 0.3) is 0 Å². The van der Waals surface area contributed by atoms with Crippen molar-refractivity contribution in [2.24, 2.45) is 0 Å². The molecule has 0 radical (unpaired) electrons. The molecule has 3 aromatic rings. The maximum absolute atomic E-state index is 9.81. The normalized spacial score (nSPS) is 21.4. The fourth-order valence-electron chi connectivity index (χ4n) is 3.28. The van der Waals surface area contributed by atoms with Gasteiger partial charge >= 0.3 is 0 Å². The highest BCUT2D eigenvalue weighted by atomic mass is 16.3. The minimum atomic E-state index is -0.174. The summed E-state index contributed by atoms with van der Waals surface area (Å²) >= 11 is 0. The van der Waals surface area contributed by atoms with Crippen LogP contribution in [0.3, 0.4) is 0 Å². The first kappa shape index (κ1) is 14.1. The van der Waals surface area contributed by atoms with Gasteiger partial charge < -0.3 is 10.0 Å². The van der Waals surface area contributed by atoms with Crippen molar-refractivity contribution in [2.75, 3.05) is 4.90 Å². The summed E-state index contributed by atoms with van der Waals surface area (Å²) in [5, 5.41) is 14.0. The Bertz CT molecular complexity index is 780. The van der Waals surface area contributed by atoms with Crippen molar-refractivity contribution in [3.63, 3.8) is 0 Å². The van der Waals surface area contributed by atoms with Crippen LogP contribution in [0.4, 0.5) is 11.5 Å². The number of aromatic nitrogens is 4. The number of aliphatic hydroxyl groups excluding tert-OH is 1. The Morgan fingerprint density at radius 2 is 1.96 bits per heavy atom. The summed E-state index contributed by atoms with van der Waals surface area (Å²) in [5.41, 5.74) is 1.86. The first-order valence-electron chi connectivity index (χ1n) is 7.99. The molecule has 0 unspecified atom stereocenters. The van der Waals surface area contributed by atoms with E-state index in [1.807, 2.05) is 30.6 Å². The van der Waals surface area contributed by atoms with Crippen LogP contribution in [-0.2, 0) is 0 Å². The first-order chi connectivity index (χ1) is 11.3. The van der Waals surface area contributed by atoms with Crippen molar-refractivity contribution >= 4 is 17.2 Å². The van der Waals surface area contributed by atoms with Crippen molar-refractivity contribution in [1.82, 2.24) is 19.6 Å². The molecule has 1 aliphatic carbocycles. The number of anilines is 2. The molecule has 0 aromatic carbocycles. The SMILES string of the molecule is OC1CCC(N(c2cccnc2)c2ccn3nccc3n2)CC1. The number of hydrogen-bond donors (Lipinski definition) is 1. The Balaban J connectivity index is 1.75. The van der Waals surface area contributed by atoms with Crippen LogP contribution in [0.5, 0.6) is 0 Å². The van der Waals surface area contributed by atoms with E-state index >= 15 is 0 Å². The molecule has 0 atom stereocenters. The third-order valence-electron chi connectivity index (χ3n) is 4.45. The fourth-order valence-corrected chi connectivity index (χ4v) is 3.28. The Morgan fingerprint density at radius 1 is 1.09 bits per heavy atom. The van der Waals surface area contributed by atoms with Crippen LogP contribution in [0.1, 0.15) is 25.7 Å². The summed E-state index contributed by atoms with van der Waals surface area (Å²) in [7, 11) is 0. The predicted molar refractivity (Wildman–Crippen MR) is 87.6 cm³/mol. The van der Waals surface area contributed by atoms with Crippen LogP contribution in [0, 0.1) is 0 Å². The molecular weight excluding hydrogens is 290 g/mol. The number of pyridine rings is 1. The Hall–Kier alpha value is -2.47. The van der Waals surface area contributed by atoms with E-state index in [1.165, 1.54) is 0 Å². The van der Waals surface area contributed by atoms with Gasteiger partial charge in [-0.2, -0.15) is 5.10 Å². The van der Waals surface area contributed by atoms with Gasteiger partial charge in [-0.05, 0) is 43.9 Å². The Labute approximate surface area is 134 Å². The zero-order chi connectivity index (χ0) is 15.6. The number of fused-ring (bicyclic) bond motifs is 1. The van der Waals surface area contributed by atoms with Crippen LogP contribution >= 0.6 is 0 Å². The van der Waals surface area contributed by atoms with E-state index in [2.05, 4.69) is 21.0 Å². The van der Waals surface area contributed by atoms with Crippen LogP contribution in [0.2, 0.25) is 0 Å². The monoisotopic (exact) mass is 309 g/mol. The molecule has 0 bridgehead atoms. The van der Waals surface area contributed by atoms with E-state index in [9.17, 15) is 5.11 Å². The second-order valence-corrected chi connectivity index (χ2v) is 5.96. The highest BCUT2D eigenvalue weighted by Gasteiger charge is 2.27. The van der Waals surface area contributed by atoms with E-state index in [-0.39, 0.29) is 6.10 Å². The smallest absolute Gasteiger partial charge is 0.157 e. The third kappa shape index (κ3) is 2.77. The van der Waals surface area contributed by atoms with Gasteiger partial charge in [0.1, 0.15) is 5.82 Å². The molecule has 0 saturated heterocycles. The summed E-state index contributed by atoms with van der Waals surface area (Å²) in [6.07, 6.45) is 10.7. The second kappa shape index (κ2) is 5.96. The van der Waals surface area contributed by atoms with Gasteiger partial charge in [-0.3, -0.25) is 4.98 Å². The van der Waals surface area contributed by atoms with Crippen molar-refractivity contribution in [3.8, 4) is 0 Å². The molecule has 23 heavy (non-hydrogen) atoms. The third-order valence-corrected chi connectivity index (χ3v) is 4.45. The van der Waals surface area contributed by atoms with Crippen molar-refractivity contribution in [1.29, 1.82) is 0 Å². The fraction of sp³-hybridized carbons (Fsp3) is 0.353. The highest BCUT2D eigenvalue weighted by Crippen LogP contribution is 2.32. The molecule has 0 aliphatic heterocycles. The van der Waals surface area contributed by atoms with Crippen LogP contribution < -0.4 is 4.90 Å². The maximum Gasteiger partial charge on any atom is 0.157 e. The minimum Gasteiger partial charge on any atom is -0.393 e. The molecule has 118 valence electrons. The lowest BCUT2D eigenvalue weighted by Crippen LogP contribution is -2.36. The van der Waals surface area contributed by atoms with E-state index in [4.69, 9.17) is 4.98 Å². The molecule has 6 heteroatoms. The molecule has 4 rings (SSSR count). The Morgan fingerprint density at radius 3 is 2.74 bits per heavy atom. The van der Waals surface area contributed by atoms with Gasteiger partial charge in [-0.1, -0.05) is 0 Å². The zero-order valence-corrected chi connectivity index (χ0v) is 12.8. The van der Waals surface area contributed by atoms with Gasteiger partial charge in [-0.25, -0.2) is 9.50 Å². The standard InChI is InChI=1S/C17H19N5O/c23-15-5-3-13(4-6-15)22(14-2-1-9-18-12-14)17-8-11-21-16(20-17)7-10-19-21/h1-2,7-13,15,23H,3-6H2. The molecule has 0 spiro atoms. The van der Waals surface area contributed by atoms with Crippen LogP contribution in [0.25, 0.3) is 5.65 Å². The lowest BCUT2D eigenvalue weighted by atomic mass is 9.91. The molecule has 0 amide bonds. The predicted octanol–water partition coefficient (Wildman–Crippen LogP) is 2.57. The van der Waals surface area contributed by atoms with E-state index in [0.29, 0.717) is 6.04 Å². The second-order valence-electron chi connectivity index (χ2n) is 5.96. The van der Waals surface area contributed by atoms with Crippen molar-refractivity contribution in [2.45, 2.75) is 37.8 Å². The van der Waals surface area contributed by atoms with Gasteiger partial charge in [-0.15, -0.1) is 0 Å². The Kier molecular flexibility index (Phi) is 3.67. The molecule has 3 aromatic heterocycles. The first-order valence-corrected chi connectivity index (χ1v) is 7.99. The number of nitrogens with zero attached hydrogens (tertiary/aromatic N) is 5. The molecule has 1 aliphatic rings. The number of rotatable bonds is 3.